The highest BCUT2D eigenvalue weighted by Gasteiger charge is 2.27. The van der Waals surface area contributed by atoms with E-state index in [0.717, 1.165) is 44.8 Å². The SMILES string of the molecule is CC(=O)N(CCc1noc(CC(C)C)n1)C1CCCN(CCC(C)C)C1. The highest BCUT2D eigenvalue weighted by atomic mass is 16.5. The number of carbonyl (C=O) groups is 1. The van der Waals surface area contributed by atoms with E-state index >= 15 is 0 Å². The number of hydrogen-bond acceptors (Lipinski definition) is 5. The van der Waals surface area contributed by atoms with Gasteiger partial charge in [-0.05, 0) is 44.2 Å². The summed E-state index contributed by atoms with van der Waals surface area (Å²) in [5, 5.41) is 4.07. The Morgan fingerprint density at radius 1 is 1.31 bits per heavy atom. The maximum absolute atomic E-state index is 12.2. The molecule has 2 heterocycles. The zero-order valence-electron chi connectivity index (χ0n) is 17.2. The molecule has 0 N–H and O–H groups in total. The second kappa shape index (κ2) is 10.0. The Morgan fingerprint density at radius 3 is 2.73 bits per heavy atom. The lowest BCUT2D eigenvalue weighted by molar-refractivity contribution is -0.132. The number of aromatic nitrogens is 2. The minimum absolute atomic E-state index is 0.145. The van der Waals surface area contributed by atoms with Crippen molar-refractivity contribution in [2.75, 3.05) is 26.2 Å². The molecule has 1 amide bonds. The molecule has 1 unspecified atom stereocenters. The molecule has 1 fully saturated rings. The van der Waals surface area contributed by atoms with E-state index < -0.39 is 0 Å². The van der Waals surface area contributed by atoms with Crippen LogP contribution in [0.3, 0.4) is 0 Å². The van der Waals surface area contributed by atoms with E-state index in [1.54, 1.807) is 6.92 Å². The van der Waals surface area contributed by atoms with Gasteiger partial charge < -0.3 is 14.3 Å². The van der Waals surface area contributed by atoms with Crippen molar-refractivity contribution in [3.8, 4) is 0 Å². The third-order valence-electron chi connectivity index (χ3n) is 5.02. The summed E-state index contributed by atoms with van der Waals surface area (Å²) >= 11 is 0. The Balaban J connectivity index is 1.89. The summed E-state index contributed by atoms with van der Waals surface area (Å²) in [4.78, 5) is 21.2. The number of carbonyl (C=O) groups excluding carboxylic acids is 1. The molecule has 1 aliphatic heterocycles. The molecule has 0 aromatic carbocycles. The van der Waals surface area contributed by atoms with Crippen LogP contribution in [-0.2, 0) is 17.6 Å². The Kier molecular flexibility index (Phi) is 8.07. The third kappa shape index (κ3) is 6.71. The second-order valence-corrected chi connectivity index (χ2v) is 8.44. The van der Waals surface area contributed by atoms with Crippen molar-refractivity contribution in [2.45, 2.75) is 72.8 Å². The van der Waals surface area contributed by atoms with Gasteiger partial charge in [-0.1, -0.05) is 32.9 Å². The molecule has 6 nitrogen and oxygen atoms in total. The van der Waals surface area contributed by atoms with Gasteiger partial charge in [-0.15, -0.1) is 0 Å². The van der Waals surface area contributed by atoms with Gasteiger partial charge in [0.1, 0.15) is 0 Å². The van der Waals surface area contributed by atoms with Crippen LogP contribution >= 0.6 is 0 Å². The molecular formula is C20H36N4O2. The van der Waals surface area contributed by atoms with Crippen molar-refractivity contribution in [1.82, 2.24) is 19.9 Å². The van der Waals surface area contributed by atoms with Crippen molar-refractivity contribution in [3.05, 3.63) is 11.7 Å². The predicted molar refractivity (Wildman–Crippen MR) is 103 cm³/mol. The van der Waals surface area contributed by atoms with E-state index in [1.165, 1.54) is 6.42 Å². The lowest BCUT2D eigenvalue weighted by Crippen LogP contribution is -2.50. The fourth-order valence-electron chi connectivity index (χ4n) is 3.57. The Labute approximate surface area is 158 Å². The standard InChI is InChI=1S/C20H36N4O2/c1-15(2)8-11-23-10-6-7-18(14-23)24(17(5)25)12-9-19-21-20(26-22-19)13-16(3)4/h15-16,18H,6-14H2,1-5H3. The number of amides is 1. The van der Waals surface area contributed by atoms with Crippen LogP contribution in [0.2, 0.25) is 0 Å². The van der Waals surface area contributed by atoms with E-state index in [2.05, 4.69) is 42.7 Å². The van der Waals surface area contributed by atoms with Gasteiger partial charge >= 0.3 is 0 Å². The first-order chi connectivity index (χ1) is 12.3. The molecule has 1 atom stereocenters. The summed E-state index contributed by atoms with van der Waals surface area (Å²) in [7, 11) is 0. The number of likely N-dealkylation sites (tertiary alicyclic amines) is 1. The van der Waals surface area contributed by atoms with Gasteiger partial charge in [0.05, 0.1) is 0 Å². The van der Waals surface area contributed by atoms with Gasteiger partial charge in [0.25, 0.3) is 0 Å². The van der Waals surface area contributed by atoms with E-state index in [4.69, 9.17) is 4.52 Å². The van der Waals surface area contributed by atoms with Crippen LogP contribution in [0, 0.1) is 11.8 Å². The molecule has 1 aliphatic rings. The minimum Gasteiger partial charge on any atom is -0.339 e. The van der Waals surface area contributed by atoms with Crippen LogP contribution in [0.4, 0.5) is 0 Å². The summed E-state index contributed by atoms with van der Waals surface area (Å²) in [6.07, 6.45) is 4.92. The van der Waals surface area contributed by atoms with Crippen molar-refractivity contribution in [2.24, 2.45) is 11.8 Å². The van der Waals surface area contributed by atoms with Crippen molar-refractivity contribution in [3.63, 3.8) is 0 Å². The molecule has 0 spiro atoms. The fraction of sp³-hybridized carbons (Fsp3) is 0.850. The molecule has 0 saturated carbocycles. The average molecular weight is 365 g/mol. The summed E-state index contributed by atoms with van der Waals surface area (Å²) < 4.78 is 5.31. The number of piperidine rings is 1. The maximum Gasteiger partial charge on any atom is 0.226 e. The first kappa shape index (κ1) is 20.9. The molecule has 26 heavy (non-hydrogen) atoms. The molecule has 0 radical (unpaired) electrons. The Hall–Kier alpha value is -1.43. The van der Waals surface area contributed by atoms with Gasteiger partial charge in [-0.3, -0.25) is 4.79 Å². The summed E-state index contributed by atoms with van der Waals surface area (Å²) in [5.41, 5.74) is 0. The second-order valence-electron chi connectivity index (χ2n) is 8.44. The first-order valence-corrected chi connectivity index (χ1v) is 10.2. The highest BCUT2D eigenvalue weighted by molar-refractivity contribution is 5.73. The molecular weight excluding hydrogens is 328 g/mol. The molecule has 2 rings (SSSR count). The third-order valence-corrected chi connectivity index (χ3v) is 5.02. The lowest BCUT2D eigenvalue weighted by atomic mass is 10.0. The van der Waals surface area contributed by atoms with Crippen molar-refractivity contribution >= 4 is 5.91 Å². The molecule has 1 saturated heterocycles. The van der Waals surface area contributed by atoms with E-state index in [-0.39, 0.29) is 5.91 Å². The van der Waals surface area contributed by atoms with Gasteiger partial charge in [-0.25, -0.2) is 0 Å². The average Bonchev–Trinajstić information content (AvgIpc) is 3.00. The molecule has 0 aliphatic carbocycles. The molecule has 1 aromatic heterocycles. The van der Waals surface area contributed by atoms with Gasteiger partial charge in [0.15, 0.2) is 5.82 Å². The van der Waals surface area contributed by atoms with Crippen molar-refractivity contribution in [1.29, 1.82) is 0 Å². The van der Waals surface area contributed by atoms with Crippen LogP contribution < -0.4 is 0 Å². The highest BCUT2D eigenvalue weighted by Crippen LogP contribution is 2.18. The quantitative estimate of drug-likeness (QED) is 0.673. The summed E-state index contributed by atoms with van der Waals surface area (Å²) in [6, 6.07) is 0.301. The summed E-state index contributed by atoms with van der Waals surface area (Å²) in [5.74, 6) is 2.77. The lowest BCUT2D eigenvalue weighted by Gasteiger charge is -2.39. The normalized spacial score (nSPS) is 18.7. The van der Waals surface area contributed by atoms with Gasteiger partial charge in [0.2, 0.25) is 11.8 Å². The first-order valence-electron chi connectivity index (χ1n) is 10.2. The van der Waals surface area contributed by atoms with E-state index in [0.29, 0.717) is 36.6 Å². The van der Waals surface area contributed by atoms with E-state index in [9.17, 15) is 4.79 Å². The number of rotatable bonds is 9. The van der Waals surface area contributed by atoms with Gasteiger partial charge in [-0.2, -0.15) is 4.98 Å². The Morgan fingerprint density at radius 2 is 2.08 bits per heavy atom. The molecule has 6 heteroatoms. The topological polar surface area (TPSA) is 62.5 Å². The van der Waals surface area contributed by atoms with Crippen LogP contribution in [0.25, 0.3) is 0 Å². The molecule has 0 bridgehead atoms. The molecule has 1 aromatic rings. The zero-order valence-corrected chi connectivity index (χ0v) is 17.2. The van der Waals surface area contributed by atoms with Crippen LogP contribution in [-0.4, -0.2) is 58.1 Å². The monoisotopic (exact) mass is 364 g/mol. The van der Waals surface area contributed by atoms with E-state index in [1.807, 2.05) is 4.90 Å². The maximum atomic E-state index is 12.2. The minimum atomic E-state index is 0.145. The van der Waals surface area contributed by atoms with Crippen LogP contribution in [0.15, 0.2) is 4.52 Å². The van der Waals surface area contributed by atoms with Crippen LogP contribution in [0.1, 0.15) is 65.6 Å². The fourth-order valence-corrected chi connectivity index (χ4v) is 3.57. The Bertz CT molecular complexity index is 556. The smallest absolute Gasteiger partial charge is 0.226 e. The van der Waals surface area contributed by atoms with Crippen molar-refractivity contribution < 1.29 is 9.32 Å². The van der Waals surface area contributed by atoms with Gasteiger partial charge in [0, 0.05) is 38.9 Å². The zero-order chi connectivity index (χ0) is 19.1. The largest absolute Gasteiger partial charge is 0.339 e. The van der Waals surface area contributed by atoms with Crippen LogP contribution in [0.5, 0.6) is 0 Å². The molecule has 148 valence electrons. The number of hydrogen-bond donors (Lipinski definition) is 0. The summed E-state index contributed by atoms with van der Waals surface area (Å²) in [6.45, 7) is 14.4. The number of nitrogens with zero attached hydrogens (tertiary/aromatic N) is 4. The predicted octanol–water partition coefficient (Wildman–Crippen LogP) is 3.17.